The minimum absolute atomic E-state index is 0.0823. The monoisotopic (exact) mass is 287 g/mol. The highest BCUT2D eigenvalue weighted by Gasteiger charge is 2.13. The van der Waals surface area contributed by atoms with E-state index in [2.05, 4.69) is 10.2 Å². The zero-order valence-corrected chi connectivity index (χ0v) is 11.1. The van der Waals surface area contributed by atoms with Crippen molar-refractivity contribution in [1.29, 1.82) is 0 Å². The number of nitrogens with zero attached hydrogens (tertiary/aromatic N) is 2. The summed E-state index contributed by atoms with van der Waals surface area (Å²) in [5, 5.41) is 7.42. The average molecular weight is 288 g/mol. The molecule has 1 aromatic carbocycles. The van der Waals surface area contributed by atoms with Crippen LogP contribution in [0.2, 0.25) is 0 Å². The first-order chi connectivity index (χ1) is 8.69. The van der Waals surface area contributed by atoms with Crippen molar-refractivity contribution in [2.45, 2.75) is 6.92 Å². The van der Waals surface area contributed by atoms with Gasteiger partial charge in [-0.2, -0.15) is 0 Å². The van der Waals surface area contributed by atoms with E-state index in [1.165, 1.54) is 0 Å². The smallest absolute Gasteiger partial charge is 0.282 e. The number of carbonyl (C=O) groups excluding carboxylic acids is 1. The van der Waals surface area contributed by atoms with Gasteiger partial charge in [-0.1, -0.05) is 29.8 Å². The van der Waals surface area contributed by atoms with Gasteiger partial charge in [0.2, 0.25) is 0 Å². The fourth-order valence-corrected chi connectivity index (χ4v) is 1.29. The van der Waals surface area contributed by atoms with Crippen LogP contribution >= 0.6 is 23.4 Å². The van der Waals surface area contributed by atoms with E-state index in [4.69, 9.17) is 28.1 Å². The quantitative estimate of drug-likeness (QED) is 0.390. The van der Waals surface area contributed by atoms with Crippen LogP contribution in [0.15, 0.2) is 51.5 Å². The molecule has 7 heteroatoms. The summed E-state index contributed by atoms with van der Waals surface area (Å²) in [6.07, 6.45) is 0. The second kappa shape index (κ2) is 7.68. The molecule has 0 aliphatic carbocycles. The predicted octanol–water partition coefficient (Wildman–Crippen LogP) is 3.48. The number of benzene rings is 1. The van der Waals surface area contributed by atoms with Crippen LogP contribution < -0.4 is 4.84 Å². The first-order valence-electron chi connectivity index (χ1n) is 5.09. The highest BCUT2D eigenvalue weighted by atomic mass is 35.5. The molecule has 1 amide bonds. The van der Waals surface area contributed by atoms with E-state index >= 15 is 0 Å². The van der Waals surface area contributed by atoms with Crippen LogP contribution in [0.5, 0.6) is 0 Å². The summed E-state index contributed by atoms with van der Waals surface area (Å²) in [4.78, 5) is 13.1. The number of hydrogen-bond donors (Lipinski definition) is 1. The maximum absolute atomic E-state index is 11.2. The summed E-state index contributed by atoms with van der Waals surface area (Å²) in [5.74, 6) is -0.782. The van der Waals surface area contributed by atoms with Crippen molar-refractivity contribution in [2.75, 3.05) is 6.61 Å². The molecule has 96 valence electrons. The number of azo groups is 1. The third-order valence-electron chi connectivity index (χ3n) is 1.77. The molecule has 1 rings (SSSR count). The van der Waals surface area contributed by atoms with Gasteiger partial charge in [0.1, 0.15) is 0 Å². The summed E-state index contributed by atoms with van der Waals surface area (Å²) in [6, 6.07) is 8.98. The molecule has 0 fully saturated rings. The van der Waals surface area contributed by atoms with Crippen molar-refractivity contribution in [3.63, 3.8) is 0 Å². The second-order valence-electron chi connectivity index (χ2n) is 3.01. The maximum atomic E-state index is 11.2. The predicted molar refractivity (Wildman–Crippen MR) is 69.5 cm³/mol. The Bertz CT molecular complexity index is 461. The Kier molecular flexibility index (Phi) is 6.18. The lowest BCUT2D eigenvalue weighted by Gasteiger charge is -2.04. The van der Waals surface area contributed by atoms with Crippen LogP contribution in [-0.2, 0) is 9.53 Å². The fraction of sp³-hybridized carbons (Fsp3) is 0.182. The van der Waals surface area contributed by atoms with Gasteiger partial charge in [-0.25, -0.2) is 0 Å². The molecule has 0 saturated carbocycles. The van der Waals surface area contributed by atoms with Crippen LogP contribution in [-0.4, -0.2) is 12.5 Å². The number of nitrogens with one attached hydrogen (secondary N) is 1. The molecule has 0 heterocycles. The molecule has 18 heavy (non-hydrogen) atoms. The minimum Gasteiger partial charge on any atom is -0.476 e. The lowest BCUT2D eigenvalue weighted by atomic mass is 10.3. The third kappa shape index (κ3) is 4.35. The van der Waals surface area contributed by atoms with E-state index in [1.807, 2.05) is 23.0 Å². The molecule has 0 aliphatic heterocycles. The van der Waals surface area contributed by atoms with E-state index in [0.29, 0.717) is 12.3 Å². The molecular weight excluding hydrogens is 277 g/mol. The van der Waals surface area contributed by atoms with Gasteiger partial charge >= 0.3 is 0 Å². The van der Waals surface area contributed by atoms with Crippen molar-refractivity contribution in [1.82, 2.24) is 4.84 Å². The Morgan fingerprint density at radius 2 is 2.06 bits per heavy atom. The van der Waals surface area contributed by atoms with Crippen LogP contribution in [0.3, 0.4) is 0 Å². The molecular formula is C11H11Cl2N3O2. The average Bonchev–Trinajstić information content (AvgIpc) is 2.43. The normalized spacial score (nSPS) is 12.2. The molecule has 0 atom stereocenters. The number of amides is 1. The summed E-state index contributed by atoms with van der Waals surface area (Å²) in [6.45, 7) is 2.04. The largest absolute Gasteiger partial charge is 0.476 e. The third-order valence-corrected chi connectivity index (χ3v) is 2.27. The van der Waals surface area contributed by atoms with Gasteiger partial charge in [-0.15, -0.1) is 10.2 Å². The van der Waals surface area contributed by atoms with Gasteiger partial charge in [0.15, 0.2) is 5.03 Å². The standard InChI is InChI=1S/C11H11Cl2N3O2/c1-2-18-11(9(12)10(17)14-13)16-15-8-6-4-3-5-7-8/h3-7H,2H2,1H3,(H,14,17)/b11-9-,16-15?. The molecule has 0 unspecified atom stereocenters. The van der Waals surface area contributed by atoms with E-state index in [9.17, 15) is 4.79 Å². The van der Waals surface area contributed by atoms with Gasteiger partial charge in [0, 0.05) is 11.8 Å². The minimum atomic E-state index is -0.700. The second-order valence-corrected chi connectivity index (χ2v) is 3.58. The van der Waals surface area contributed by atoms with Crippen molar-refractivity contribution < 1.29 is 9.53 Å². The van der Waals surface area contributed by atoms with Gasteiger partial charge in [0.25, 0.3) is 11.8 Å². The Labute approximate surface area is 115 Å². The van der Waals surface area contributed by atoms with Gasteiger partial charge in [-0.3, -0.25) is 9.63 Å². The van der Waals surface area contributed by atoms with Crippen molar-refractivity contribution in [3.05, 3.63) is 41.2 Å². The first-order valence-corrected chi connectivity index (χ1v) is 5.85. The van der Waals surface area contributed by atoms with E-state index in [-0.39, 0.29) is 10.9 Å². The summed E-state index contributed by atoms with van der Waals surface area (Å²) in [5.41, 5.74) is 0.616. The van der Waals surface area contributed by atoms with Crippen molar-refractivity contribution in [3.8, 4) is 0 Å². The van der Waals surface area contributed by atoms with E-state index < -0.39 is 5.91 Å². The molecule has 5 nitrogen and oxygen atoms in total. The molecule has 1 aromatic rings. The highest BCUT2D eigenvalue weighted by molar-refractivity contribution is 6.45. The molecule has 0 saturated heterocycles. The maximum Gasteiger partial charge on any atom is 0.282 e. The number of carbonyl (C=O) groups is 1. The van der Waals surface area contributed by atoms with Gasteiger partial charge < -0.3 is 4.74 Å². The Hall–Kier alpha value is -1.59. The zero-order chi connectivity index (χ0) is 13.4. The SMILES string of the molecule is CCO/C(N=Nc1ccccc1)=C(\Cl)C(=O)NCl. The Morgan fingerprint density at radius 3 is 2.61 bits per heavy atom. The van der Waals surface area contributed by atoms with Gasteiger partial charge in [0.05, 0.1) is 12.3 Å². The summed E-state index contributed by atoms with van der Waals surface area (Å²) < 4.78 is 5.12. The topological polar surface area (TPSA) is 63.1 Å². The van der Waals surface area contributed by atoms with Gasteiger partial charge in [-0.05, 0) is 19.1 Å². The van der Waals surface area contributed by atoms with Crippen LogP contribution in [0.1, 0.15) is 6.92 Å². The fourth-order valence-electron chi connectivity index (χ4n) is 1.01. The van der Waals surface area contributed by atoms with Crippen LogP contribution in [0.25, 0.3) is 0 Å². The van der Waals surface area contributed by atoms with E-state index in [1.54, 1.807) is 19.1 Å². The zero-order valence-electron chi connectivity index (χ0n) is 9.56. The van der Waals surface area contributed by atoms with Crippen molar-refractivity contribution >= 4 is 35.0 Å². The van der Waals surface area contributed by atoms with Crippen molar-refractivity contribution in [2.24, 2.45) is 10.2 Å². The lowest BCUT2D eigenvalue weighted by Crippen LogP contribution is -2.14. The van der Waals surface area contributed by atoms with E-state index in [0.717, 1.165) is 0 Å². The number of hydrogen-bond acceptors (Lipinski definition) is 4. The molecule has 0 radical (unpaired) electrons. The summed E-state index contributed by atoms with van der Waals surface area (Å²) >= 11 is 10.9. The number of halogens is 2. The Morgan fingerprint density at radius 1 is 1.39 bits per heavy atom. The number of ether oxygens (including phenoxy) is 1. The molecule has 0 aliphatic rings. The molecule has 0 bridgehead atoms. The highest BCUT2D eigenvalue weighted by Crippen LogP contribution is 2.17. The lowest BCUT2D eigenvalue weighted by molar-refractivity contribution is -0.115. The number of rotatable bonds is 5. The first kappa shape index (κ1) is 14.5. The summed E-state index contributed by atoms with van der Waals surface area (Å²) in [7, 11) is 0. The van der Waals surface area contributed by atoms with Crippen LogP contribution in [0, 0.1) is 0 Å². The molecule has 0 spiro atoms. The molecule has 1 N–H and O–H groups in total. The molecule has 0 aromatic heterocycles. The van der Waals surface area contributed by atoms with Crippen LogP contribution in [0.4, 0.5) is 5.69 Å². The Balaban J connectivity index is 2.93.